The van der Waals surface area contributed by atoms with Crippen molar-refractivity contribution >= 4 is 0 Å². The Balaban J connectivity index is 3.02. The second kappa shape index (κ2) is 40.9. The number of unbranched alkanes of at least 4 members (excludes halogenated alkanes) is 37. The highest BCUT2D eigenvalue weighted by molar-refractivity contribution is 4.53. The van der Waals surface area contributed by atoms with Gasteiger partial charge in [-0.15, -0.1) is 0 Å². The first-order valence-corrected chi connectivity index (χ1v) is 20.1. The molecule has 0 unspecified atom stereocenters. The normalized spacial score (nSPS) is 11.6. The molecule has 0 amide bonds. The van der Waals surface area contributed by atoms with Crippen LogP contribution in [0.5, 0.6) is 0 Å². The zero-order valence-corrected chi connectivity index (χ0v) is 29.2. The summed E-state index contributed by atoms with van der Waals surface area (Å²) in [5, 5.41) is 17.6. The van der Waals surface area contributed by atoms with E-state index in [4.69, 9.17) is 10.2 Å². The molecule has 254 valence electrons. The molecule has 0 saturated heterocycles. The highest BCUT2D eigenvalue weighted by Crippen LogP contribution is 2.17. The van der Waals surface area contributed by atoms with E-state index in [0.717, 1.165) is 12.8 Å². The molecular formula is C40H82O2. The van der Waals surface area contributed by atoms with Crippen molar-refractivity contribution in [1.29, 1.82) is 0 Å². The van der Waals surface area contributed by atoms with Crippen molar-refractivity contribution < 1.29 is 10.2 Å². The molecule has 0 aliphatic carbocycles. The first-order chi connectivity index (χ1) is 20.9. The van der Waals surface area contributed by atoms with Gasteiger partial charge in [0.25, 0.3) is 0 Å². The Morgan fingerprint density at radius 1 is 0.119 bits per heavy atom. The van der Waals surface area contributed by atoms with Crippen LogP contribution in [0.3, 0.4) is 0 Å². The lowest BCUT2D eigenvalue weighted by Gasteiger charge is -2.05. The van der Waals surface area contributed by atoms with Gasteiger partial charge < -0.3 is 10.2 Å². The van der Waals surface area contributed by atoms with Crippen LogP contribution in [-0.2, 0) is 0 Å². The van der Waals surface area contributed by atoms with Gasteiger partial charge in [0.2, 0.25) is 0 Å². The summed E-state index contributed by atoms with van der Waals surface area (Å²) in [5.74, 6) is 0. The van der Waals surface area contributed by atoms with E-state index in [2.05, 4.69) is 0 Å². The van der Waals surface area contributed by atoms with Crippen molar-refractivity contribution in [3.05, 3.63) is 0 Å². The van der Waals surface area contributed by atoms with E-state index in [1.807, 2.05) is 0 Å². The van der Waals surface area contributed by atoms with Crippen LogP contribution in [0.25, 0.3) is 0 Å². The second-order valence-corrected chi connectivity index (χ2v) is 13.9. The van der Waals surface area contributed by atoms with Crippen LogP contribution in [0.1, 0.15) is 244 Å². The maximum atomic E-state index is 8.79. The van der Waals surface area contributed by atoms with E-state index in [9.17, 15) is 0 Å². The molecule has 0 spiro atoms. The minimum absolute atomic E-state index is 0.372. The van der Waals surface area contributed by atoms with Gasteiger partial charge in [0.05, 0.1) is 0 Å². The first-order valence-electron chi connectivity index (χ1n) is 20.1. The quantitative estimate of drug-likeness (QED) is 0.0695. The smallest absolute Gasteiger partial charge is 0.0431 e. The maximum Gasteiger partial charge on any atom is 0.0431 e. The van der Waals surface area contributed by atoms with Gasteiger partial charge in [-0.25, -0.2) is 0 Å². The highest BCUT2D eigenvalue weighted by Gasteiger charge is 1.98. The van der Waals surface area contributed by atoms with Crippen LogP contribution in [0.15, 0.2) is 0 Å². The summed E-state index contributed by atoms with van der Waals surface area (Å²) in [6.45, 7) is 0.745. The van der Waals surface area contributed by atoms with Crippen LogP contribution < -0.4 is 0 Å². The van der Waals surface area contributed by atoms with Gasteiger partial charge in [-0.3, -0.25) is 0 Å². The fourth-order valence-corrected chi connectivity index (χ4v) is 6.59. The molecule has 0 aromatic heterocycles. The van der Waals surface area contributed by atoms with Crippen LogP contribution >= 0.6 is 0 Å². The average Bonchev–Trinajstić information content (AvgIpc) is 3.00. The molecule has 0 bridgehead atoms. The fourth-order valence-electron chi connectivity index (χ4n) is 6.59. The minimum atomic E-state index is 0.372. The van der Waals surface area contributed by atoms with Gasteiger partial charge >= 0.3 is 0 Å². The number of hydrogen-bond donors (Lipinski definition) is 2. The molecule has 0 aromatic carbocycles. The minimum Gasteiger partial charge on any atom is -0.396 e. The summed E-state index contributed by atoms with van der Waals surface area (Å²) in [5.41, 5.74) is 0. The van der Waals surface area contributed by atoms with Crippen molar-refractivity contribution in [2.24, 2.45) is 0 Å². The second-order valence-electron chi connectivity index (χ2n) is 13.9. The molecule has 0 rings (SSSR count). The van der Waals surface area contributed by atoms with Crippen LogP contribution in [0.2, 0.25) is 0 Å². The summed E-state index contributed by atoms with van der Waals surface area (Å²) in [7, 11) is 0. The predicted octanol–water partition coefficient (Wildman–Crippen LogP) is 13.8. The fraction of sp³-hybridized carbons (Fsp3) is 1.00. The van der Waals surface area contributed by atoms with Crippen molar-refractivity contribution in [2.75, 3.05) is 13.2 Å². The summed E-state index contributed by atoms with van der Waals surface area (Å²) < 4.78 is 0. The van der Waals surface area contributed by atoms with Gasteiger partial charge in [-0.05, 0) is 12.8 Å². The Morgan fingerprint density at radius 2 is 0.190 bits per heavy atom. The zero-order valence-electron chi connectivity index (χ0n) is 29.2. The number of hydrogen-bond acceptors (Lipinski definition) is 2. The summed E-state index contributed by atoms with van der Waals surface area (Å²) >= 11 is 0. The van der Waals surface area contributed by atoms with Gasteiger partial charge in [0.1, 0.15) is 0 Å². The molecule has 0 heterocycles. The first kappa shape index (κ1) is 41.9. The number of aliphatic hydroxyl groups excluding tert-OH is 2. The number of rotatable bonds is 39. The van der Waals surface area contributed by atoms with E-state index < -0.39 is 0 Å². The van der Waals surface area contributed by atoms with E-state index in [1.165, 1.54) is 231 Å². The Bertz CT molecular complexity index is 397. The standard InChI is InChI=1S/C40H82O2/c41-39-37-35-33-31-29-27-25-23-21-19-17-15-13-11-9-7-5-3-1-2-4-6-8-10-12-14-16-18-20-22-24-26-28-30-32-34-36-38-40-42/h41-42H,1-40H2. The van der Waals surface area contributed by atoms with Crippen LogP contribution in [0.4, 0.5) is 0 Å². The lowest BCUT2D eigenvalue weighted by atomic mass is 10.0. The zero-order chi connectivity index (χ0) is 30.3. The Hall–Kier alpha value is -0.0800. The van der Waals surface area contributed by atoms with Crippen LogP contribution in [0, 0.1) is 0 Å². The maximum absolute atomic E-state index is 8.79. The van der Waals surface area contributed by atoms with E-state index in [1.54, 1.807) is 0 Å². The monoisotopic (exact) mass is 595 g/mol. The van der Waals surface area contributed by atoms with E-state index >= 15 is 0 Å². The Labute approximate surface area is 267 Å². The number of aliphatic hydroxyl groups is 2. The molecule has 0 radical (unpaired) electrons. The van der Waals surface area contributed by atoms with E-state index in [-0.39, 0.29) is 0 Å². The highest BCUT2D eigenvalue weighted by atomic mass is 16.3. The van der Waals surface area contributed by atoms with Gasteiger partial charge in [0.15, 0.2) is 0 Å². The molecule has 2 nitrogen and oxygen atoms in total. The summed E-state index contributed by atoms with van der Waals surface area (Å²) in [6.07, 6.45) is 53.7. The third kappa shape index (κ3) is 39.9. The molecule has 0 saturated carbocycles. The molecule has 0 atom stereocenters. The lowest BCUT2D eigenvalue weighted by molar-refractivity contribution is 0.282. The molecular weight excluding hydrogens is 512 g/mol. The average molecular weight is 595 g/mol. The largest absolute Gasteiger partial charge is 0.396 e. The summed E-state index contributed by atoms with van der Waals surface area (Å²) in [4.78, 5) is 0. The van der Waals surface area contributed by atoms with E-state index in [0.29, 0.717) is 13.2 Å². The molecule has 0 aliphatic rings. The molecule has 2 N–H and O–H groups in total. The SMILES string of the molecule is OCCCCCCCCCCCCCCCCCCCCCCCCCCCCCCCCCCCCCCCCO. The molecule has 0 fully saturated rings. The van der Waals surface area contributed by atoms with Gasteiger partial charge in [-0.1, -0.05) is 231 Å². The lowest BCUT2D eigenvalue weighted by Crippen LogP contribution is -1.85. The Kier molecular flexibility index (Phi) is 40.8. The van der Waals surface area contributed by atoms with Crippen molar-refractivity contribution in [3.63, 3.8) is 0 Å². The van der Waals surface area contributed by atoms with Crippen LogP contribution in [-0.4, -0.2) is 23.4 Å². The predicted molar refractivity (Wildman–Crippen MR) is 190 cm³/mol. The molecule has 0 aliphatic heterocycles. The van der Waals surface area contributed by atoms with Gasteiger partial charge in [-0.2, -0.15) is 0 Å². The van der Waals surface area contributed by atoms with Crippen molar-refractivity contribution in [3.8, 4) is 0 Å². The third-order valence-electron chi connectivity index (χ3n) is 9.57. The Morgan fingerprint density at radius 3 is 0.262 bits per heavy atom. The molecule has 2 heteroatoms. The topological polar surface area (TPSA) is 40.5 Å². The van der Waals surface area contributed by atoms with Crippen molar-refractivity contribution in [1.82, 2.24) is 0 Å². The summed E-state index contributed by atoms with van der Waals surface area (Å²) in [6, 6.07) is 0. The molecule has 42 heavy (non-hydrogen) atoms. The van der Waals surface area contributed by atoms with Crippen molar-refractivity contribution in [2.45, 2.75) is 244 Å². The van der Waals surface area contributed by atoms with Gasteiger partial charge in [0, 0.05) is 13.2 Å². The molecule has 0 aromatic rings. The third-order valence-corrected chi connectivity index (χ3v) is 9.57.